The zero-order valence-corrected chi connectivity index (χ0v) is 14.2. The molecule has 3 aromatic rings. The highest BCUT2D eigenvalue weighted by Crippen LogP contribution is 2.24. The van der Waals surface area contributed by atoms with Crippen LogP contribution in [0.25, 0.3) is 17.0 Å². The van der Waals surface area contributed by atoms with E-state index in [-0.39, 0.29) is 5.57 Å². The number of nitriles is 1. The van der Waals surface area contributed by atoms with E-state index in [1.165, 1.54) is 0 Å². The van der Waals surface area contributed by atoms with Crippen molar-refractivity contribution in [3.8, 4) is 6.07 Å². The molecule has 2 heterocycles. The van der Waals surface area contributed by atoms with E-state index in [0.29, 0.717) is 6.54 Å². The summed E-state index contributed by atoms with van der Waals surface area (Å²) < 4.78 is 0.934. The van der Waals surface area contributed by atoms with Crippen LogP contribution in [0.3, 0.4) is 0 Å². The number of fused-ring (bicyclic) bond motifs is 1. The Labute approximate surface area is 147 Å². The van der Waals surface area contributed by atoms with Gasteiger partial charge in [0.05, 0.1) is 0 Å². The van der Waals surface area contributed by atoms with Crippen molar-refractivity contribution in [3.63, 3.8) is 0 Å². The molecule has 0 aliphatic carbocycles. The van der Waals surface area contributed by atoms with Crippen LogP contribution >= 0.6 is 15.9 Å². The molecule has 0 fully saturated rings. The quantitative estimate of drug-likeness (QED) is 0.536. The van der Waals surface area contributed by atoms with Gasteiger partial charge in [-0.15, -0.1) is 0 Å². The first kappa shape index (κ1) is 16.0. The fourth-order valence-corrected chi connectivity index (χ4v) is 2.68. The van der Waals surface area contributed by atoms with Crippen molar-refractivity contribution in [1.82, 2.24) is 15.3 Å². The van der Waals surface area contributed by atoms with Crippen LogP contribution in [0.1, 0.15) is 11.1 Å². The summed E-state index contributed by atoms with van der Waals surface area (Å²) in [5.41, 5.74) is 2.66. The minimum atomic E-state index is -0.411. The number of aromatic amines is 1. The van der Waals surface area contributed by atoms with E-state index in [2.05, 4.69) is 31.2 Å². The minimum absolute atomic E-state index is 0.0553. The van der Waals surface area contributed by atoms with Gasteiger partial charge in [0.15, 0.2) is 0 Å². The van der Waals surface area contributed by atoms with Gasteiger partial charge in [-0.2, -0.15) is 5.26 Å². The number of nitrogens with one attached hydrogen (secondary N) is 2. The molecule has 6 heteroatoms. The normalized spacial score (nSPS) is 11.2. The van der Waals surface area contributed by atoms with Crippen LogP contribution < -0.4 is 5.32 Å². The third-order valence-electron chi connectivity index (χ3n) is 3.52. The van der Waals surface area contributed by atoms with Crippen molar-refractivity contribution in [1.29, 1.82) is 5.26 Å². The lowest BCUT2D eigenvalue weighted by atomic mass is 10.1. The molecule has 0 bridgehead atoms. The molecular formula is C18H13BrN4O. The van der Waals surface area contributed by atoms with Crippen molar-refractivity contribution < 1.29 is 4.79 Å². The maximum Gasteiger partial charge on any atom is 0.262 e. The van der Waals surface area contributed by atoms with Gasteiger partial charge in [0, 0.05) is 46.1 Å². The fourth-order valence-electron chi connectivity index (χ4n) is 2.32. The van der Waals surface area contributed by atoms with E-state index in [4.69, 9.17) is 0 Å². The van der Waals surface area contributed by atoms with Gasteiger partial charge in [-0.3, -0.25) is 9.78 Å². The lowest BCUT2D eigenvalue weighted by Crippen LogP contribution is -2.23. The first-order valence-electron chi connectivity index (χ1n) is 7.23. The van der Waals surface area contributed by atoms with Gasteiger partial charge in [0.1, 0.15) is 11.6 Å². The number of nitrogens with zero attached hydrogens (tertiary/aromatic N) is 2. The summed E-state index contributed by atoms with van der Waals surface area (Å²) in [4.78, 5) is 19.4. The third kappa shape index (κ3) is 3.53. The number of carbonyl (C=O) groups is 1. The largest absolute Gasteiger partial charge is 0.361 e. The number of halogens is 1. The molecule has 0 aliphatic rings. The zero-order valence-electron chi connectivity index (χ0n) is 12.6. The lowest BCUT2D eigenvalue weighted by Gasteiger charge is -2.04. The number of carbonyl (C=O) groups excluding carboxylic acids is 1. The second-order valence-corrected chi connectivity index (χ2v) is 6.06. The van der Waals surface area contributed by atoms with Gasteiger partial charge in [-0.05, 0) is 35.9 Å². The Hall–Kier alpha value is -2.91. The monoisotopic (exact) mass is 380 g/mol. The topological polar surface area (TPSA) is 81.6 Å². The van der Waals surface area contributed by atoms with Crippen LogP contribution in [-0.2, 0) is 11.3 Å². The Kier molecular flexibility index (Phi) is 4.73. The van der Waals surface area contributed by atoms with E-state index in [0.717, 1.165) is 26.5 Å². The molecule has 0 aliphatic heterocycles. The summed E-state index contributed by atoms with van der Waals surface area (Å²) in [6.07, 6.45) is 6.71. The SMILES string of the molecule is N#C/C(=C\c1c[nH]c2ccc(Br)cc12)C(=O)NCc1cccnc1. The molecule has 0 saturated carbocycles. The molecule has 1 amide bonds. The van der Waals surface area contributed by atoms with Crippen LogP contribution in [0, 0.1) is 11.3 Å². The third-order valence-corrected chi connectivity index (χ3v) is 4.01. The average molecular weight is 381 g/mol. The molecule has 1 aromatic carbocycles. The molecule has 2 aromatic heterocycles. The fraction of sp³-hybridized carbons (Fsp3) is 0.0556. The predicted molar refractivity (Wildman–Crippen MR) is 95.7 cm³/mol. The van der Waals surface area contributed by atoms with Gasteiger partial charge < -0.3 is 10.3 Å². The van der Waals surface area contributed by atoms with E-state index >= 15 is 0 Å². The molecule has 0 atom stereocenters. The summed E-state index contributed by atoms with van der Waals surface area (Å²) >= 11 is 3.43. The maximum atomic E-state index is 12.2. The Morgan fingerprint density at radius 2 is 2.29 bits per heavy atom. The van der Waals surface area contributed by atoms with Gasteiger partial charge in [-0.25, -0.2) is 0 Å². The lowest BCUT2D eigenvalue weighted by molar-refractivity contribution is -0.117. The van der Waals surface area contributed by atoms with E-state index < -0.39 is 5.91 Å². The number of benzene rings is 1. The maximum absolute atomic E-state index is 12.2. The molecule has 3 rings (SSSR count). The van der Waals surface area contributed by atoms with Crippen molar-refractivity contribution in [2.75, 3.05) is 0 Å². The Bertz CT molecular complexity index is 954. The van der Waals surface area contributed by atoms with Crippen LogP contribution in [0.4, 0.5) is 0 Å². The summed E-state index contributed by atoms with van der Waals surface area (Å²) in [7, 11) is 0. The predicted octanol–water partition coefficient (Wildman–Crippen LogP) is 3.55. The molecule has 24 heavy (non-hydrogen) atoms. The average Bonchev–Trinajstić information content (AvgIpc) is 3.00. The number of rotatable bonds is 4. The van der Waals surface area contributed by atoms with Crippen LogP contribution in [-0.4, -0.2) is 15.9 Å². The highest BCUT2D eigenvalue weighted by atomic mass is 79.9. The first-order chi connectivity index (χ1) is 11.7. The second kappa shape index (κ2) is 7.11. The van der Waals surface area contributed by atoms with Crippen molar-refractivity contribution in [2.24, 2.45) is 0 Å². The number of pyridine rings is 1. The van der Waals surface area contributed by atoms with Crippen molar-refractivity contribution >= 4 is 38.8 Å². The molecule has 0 spiro atoms. The van der Waals surface area contributed by atoms with Crippen molar-refractivity contribution in [2.45, 2.75) is 6.54 Å². The highest BCUT2D eigenvalue weighted by Gasteiger charge is 2.11. The van der Waals surface area contributed by atoms with Gasteiger partial charge >= 0.3 is 0 Å². The Morgan fingerprint density at radius 1 is 1.42 bits per heavy atom. The smallest absolute Gasteiger partial charge is 0.262 e. The number of hydrogen-bond donors (Lipinski definition) is 2. The second-order valence-electron chi connectivity index (χ2n) is 5.15. The summed E-state index contributed by atoms with van der Waals surface area (Å²) in [6, 6.07) is 11.4. The Balaban J connectivity index is 1.82. The minimum Gasteiger partial charge on any atom is -0.361 e. The summed E-state index contributed by atoms with van der Waals surface area (Å²) in [5.74, 6) is -0.411. The molecule has 0 radical (unpaired) electrons. The van der Waals surface area contributed by atoms with E-state index in [9.17, 15) is 10.1 Å². The van der Waals surface area contributed by atoms with Crippen LogP contribution in [0.2, 0.25) is 0 Å². The van der Waals surface area contributed by atoms with Crippen LogP contribution in [0.5, 0.6) is 0 Å². The number of aromatic nitrogens is 2. The number of H-pyrrole nitrogens is 1. The number of amides is 1. The number of hydrogen-bond acceptors (Lipinski definition) is 3. The highest BCUT2D eigenvalue weighted by molar-refractivity contribution is 9.10. The molecule has 2 N–H and O–H groups in total. The van der Waals surface area contributed by atoms with Gasteiger partial charge in [-0.1, -0.05) is 22.0 Å². The summed E-state index contributed by atoms with van der Waals surface area (Å²) in [6.45, 7) is 0.325. The first-order valence-corrected chi connectivity index (χ1v) is 8.02. The molecule has 5 nitrogen and oxygen atoms in total. The van der Waals surface area contributed by atoms with Crippen LogP contribution in [0.15, 0.2) is 59.0 Å². The Morgan fingerprint density at radius 3 is 3.04 bits per heavy atom. The van der Waals surface area contributed by atoms with Gasteiger partial charge in [0.25, 0.3) is 5.91 Å². The van der Waals surface area contributed by atoms with Crippen molar-refractivity contribution in [3.05, 3.63) is 70.1 Å². The molecule has 0 saturated heterocycles. The molecule has 118 valence electrons. The van der Waals surface area contributed by atoms with Gasteiger partial charge in [0.2, 0.25) is 0 Å². The van der Waals surface area contributed by atoms with E-state index in [1.807, 2.05) is 30.3 Å². The molecular weight excluding hydrogens is 368 g/mol. The molecule has 0 unspecified atom stereocenters. The standard InChI is InChI=1S/C18H13BrN4O/c19-15-3-4-17-16(7-15)14(11-22-17)6-13(8-20)18(24)23-10-12-2-1-5-21-9-12/h1-7,9,11,22H,10H2,(H,23,24)/b13-6+. The summed E-state index contributed by atoms with van der Waals surface area (Å²) in [5, 5.41) is 13.0. The van der Waals surface area contributed by atoms with E-state index in [1.54, 1.807) is 30.7 Å². The zero-order chi connectivity index (χ0) is 16.9.